The molecular weight excluding hydrogens is 386 g/mol. The number of hydrogen-bond donors (Lipinski definition) is 1. The lowest BCUT2D eigenvalue weighted by Crippen LogP contribution is -2.58. The van der Waals surface area contributed by atoms with Crippen LogP contribution in [0.2, 0.25) is 0 Å². The van der Waals surface area contributed by atoms with Gasteiger partial charge in [0.05, 0.1) is 23.7 Å². The van der Waals surface area contributed by atoms with E-state index < -0.39 is 34.8 Å². The number of rotatable bonds is 6. The predicted octanol–water partition coefficient (Wildman–Crippen LogP) is 1.64. The Kier molecular flexibility index (Phi) is 6.21. The van der Waals surface area contributed by atoms with Crippen molar-refractivity contribution in [2.45, 2.75) is 57.3 Å². The van der Waals surface area contributed by atoms with Crippen LogP contribution in [0, 0.1) is 6.92 Å². The number of aryl methyl sites for hydroxylation is 1. The minimum Gasteiger partial charge on any atom is -0.350 e. The van der Waals surface area contributed by atoms with Crippen molar-refractivity contribution >= 4 is 16.0 Å². The summed E-state index contributed by atoms with van der Waals surface area (Å²) in [5, 5.41) is 2.67. The van der Waals surface area contributed by atoms with Crippen LogP contribution in [0.25, 0.3) is 0 Å². The molecule has 1 amide bonds. The molecule has 0 saturated carbocycles. The summed E-state index contributed by atoms with van der Waals surface area (Å²) in [7, 11) is -3.93. The maximum Gasteiger partial charge on any atom is 0.297 e. The summed E-state index contributed by atoms with van der Waals surface area (Å²) in [5.41, 5.74) is 2.37. The maximum absolute atomic E-state index is 12.4. The fourth-order valence-electron chi connectivity index (χ4n) is 2.99. The van der Waals surface area contributed by atoms with E-state index in [9.17, 15) is 13.2 Å². The molecule has 154 valence electrons. The van der Waals surface area contributed by atoms with E-state index in [1.165, 1.54) is 12.1 Å². The number of carbonyl (C=O) groups is 1. The van der Waals surface area contributed by atoms with Gasteiger partial charge < -0.3 is 19.5 Å². The summed E-state index contributed by atoms with van der Waals surface area (Å²) < 4.78 is 47.1. The fraction of sp³-hybridized carbons (Fsp3) is 0.526. The molecule has 2 aliphatic heterocycles. The zero-order valence-corrected chi connectivity index (χ0v) is 17.1. The summed E-state index contributed by atoms with van der Waals surface area (Å²) in [6.07, 6.45) is -2.35. The molecule has 1 unspecified atom stereocenters. The van der Waals surface area contributed by atoms with Crippen molar-refractivity contribution in [3.8, 4) is 0 Å². The Morgan fingerprint density at radius 3 is 2.54 bits per heavy atom. The van der Waals surface area contributed by atoms with Crippen LogP contribution in [0.15, 0.2) is 40.3 Å². The van der Waals surface area contributed by atoms with Gasteiger partial charge in [-0.25, -0.2) is 0 Å². The normalized spacial score (nSPS) is 27.9. The second kappa shape index (κ2) is 8.30. The molecule has 8 nitrogen and oxygen atoms in total. The van der Waals surface area contributed by atoms with E-state index in [-0.39, 0.29) is 24.0 Å². The first-order valence-electron chi connectivity index (χ1n) is 9.04. The van der Waals surface area contributed by atoms with Gasteiger partial charge in [-0.1, -0.05) is 23.3 Å². The molecule has 1 aromatic rings. The lowest BCUT2D eigenvalue weighted by molar-refractivity contribution is -0.267. The van der Waals surface area contributed by atoms with Gasteiger partial charge >= 0.3 is 0 Å². The molecule has 0 aromatic heterocycles. The molecule has 1 aromatic carbocycles. The van der Waals surface area contributed by atoms with Gasteiger partial charge in [0.1, 0.15) is 12.2 Å². The van der Waals surface area contributed by atoms with Crippen molar-refractivity contribution in [2.24, 2.45) is 0 Å². The molecule has 0 aliphatic carbocycles. The third kappa shape index (κ3) is 4.61. The highest BCUT2D eigenvalue weighted by Crippen LogP contribution is 2.25. The standard InChI is InChI=1S/C19H25NO7S/c1-11(2)17-18(21)20-19(17)27-15-9-24-13(4)26-16(15)10-25-28(22,23)14-7-5-12(3)6-8-14/h5-8,13,15-16,19H,9-10H2,1-4H3,(H,20,21)/t13-,15+,16+,19?/m0/s1. The summed E-state index contributed by atoms with van der Waals surface area (Å²) in [6.45, 7) is 7.21. The van der Waals surface area contributed by atoms with Crippen LogP contribution in [0.3, 0.4) is 0 Å². The minimum atomic E-state index is -3.93. The third-order valence-corrected chi connectivity index (χ3v) is 5.89. The Labute approximate surface area is 164 Å². The molecule has 2 heterocycles. The Hall–Kier alpha value is -1.78. The molecule has 1 N–H and O–H groups in total. The molecule has 0 radical (unpaired) electrons. The lowest BCUT2D eigenvalue weighted by atomic mass is 10.0. The van der Waals surface area contributed by atoms with E-state index in [0.29, 0.717) is 5.57 Å². The second-order valence-corrected chi connectivity index (χ2v) is 8.68. The number of amides is 1. The summed E-state index contributed by atoms with van der Waals surface area (Å²) in [4.78, 5) is 11.8. The number of β-lactam (4-membered cyclic amide) rings is 1. The highest BCUT2D eigenvalue weighted by Gasteiger charge is 2.41. The number of ether oxygens (including phenoxy) is 3. The number of carbonyl (C=O) groups excluding carboxylic acids is 1. The van der Waals surface area contributed by atoms with Gasteiger partial charge in [-0.05, 0) is 39.8 Å². The smallest absolute Gasteiger partial charge is 0.297 e. The van der Waals surface area contributed by atoms with Gasteiger partial charge in [0, 0.05) is 0 Å². The molecule has 4 atom stereocenters. The quantitative estimate of drug-likeness (QED) is 0.431. The molecular formula is C19H25NO7S. The Morgan fingerprint density at radius 2 is 1.93 bits per heavy atom. The Balaban J connectivity index is 1.67. The largest absolute Gasteiger partial charge is 0.350 e. The van der Waals surface area contributed by atoms with E-state index in [0.717, 1.165) is 11.1 Å². The highest BCUT2D eigenvalue weighted by molar-refractivity contribution is 7.86. The van der Waals surface area contributed by atoms with E-state index in [1.807, 2.05) is 20.8 Å². The van der Waals surface area contributed by atoms with E-state index >= 15 is 0 Å². The van der Waals surface area contributed by atoms with Crippen LogP contribution in [0.5, 0.6) is 0 Å². The zero-order valence-electron chi connectivity index (χ0n) is 16.3. The van der Waals surface area contributed by atoms with Crippen molar-refractivity contribution < 1.29 is 31.6 Å². The van der Waals surface area contributed by atoms with Crippen LogP contribution >= 0.6 is 0 Å². The summed E-state index contributed by atoms with van der Waals surface area (Å²) >= 11 is 0. The summed E-state index contributed by atoms with van der Waals surface area (Å²) in [6, 6.07) is 6.40. The van der Waals surface area contributed by atoms with Crippen molar-refractivity contribution in [2.75, 3.05) is 13.2 Å². The molecule has 2 fully saturated rings. The summed E-state index contributed by atoms with van der Waals surface area (Å²) in [5.74, 6) is -0.175. The zero-order chi connectivity index (χ0) is 20.5. The average molecular weight is 411 g/mol. The molecule has 2 saturated heterocycles. The monoisotopic (exact) mass is 411 g/mol. The number of nitrogens with one attached hydrogen (secondary N) is 1. The first kappa shape index (κ1) is 20.9. The lowest BCUT2D eigenvalue weighted by Gasteiger charge is -2.40. The SMILES string of the molecule is CC(C)=C1C(=O)NC1O[C@@H]1CO[C@H](C)O[C@@H]1COS(=O)(=O)c1ccc(C)cc1. The van der Waals surface area contributed by atoms with Crippen molar-refractivity contribution in [1.82, 2.24) is 5.32 Å². The minimum absolute atomic E-state index is 0.0776. The van der Waals surface area contributed by atoms with Gasteiger partial charge in [0.15, 0.2) is 12.5 Å². The van der Waals surface area contributed by atoms with Gasteiger partial charge in [0.25, 0.3) is 16.0 Å². The molecule has 3 rings (SSSR count). The van der Waals surface area contributed by atoms with Crippen molar-refractivity contribution in [3.05, 3.63) is 41.0 Å². The van der Waals surface area contributed by atoms with Gasteiger partial charge in [-0.3, -0.25) is 8.98 Å². The maximum atomic E-state index is 12.4. The van der Waals surface area contributed by atoms with Crippen molar-refractivity contribution in [1.29, 1.82) is 0 Å². The topological polar surface area (TPSA) is 100 Å². The molecule has 0 bridgehead atoms. The van der Waals surface area contributed by atoms with Crippen LogP contribution in [-0.2, 0) is 33.3 Å². The van der Waals surface area contributed by atoms with Gasteiger partial charge in [0.2, 0.25) is 0 Å². The molecule has 2 aliphatic rings. The molecule has 0 spiro atoms. The van der Waals surface area contributed by atoms with Crippen LogP contribution < -0.4 is 5.32 Å². The first-order chi connectivity index (χ1) is 13.2. The predicted molar refractivity (Wildman–Crippen MR) is 99.8 cm³/mol. The molecule has 9 heteroatoms. The number of benzene rings is 1. The number of allylic oxidation sites excluding steroid dienone is 1. The highest BCUT2D eigenvalue weighted by atomic mass is 32.2. The van der Waals surface area contributed by atoms with Gasteiger partial charge in [-0.15, -0.1) is 0 Å². The van der Waals surface area contributed by atoms with E-state index in [1.54, 1.807) is 19.1 Å². The van der Waals surface area contributed by atoms with Crippen LogP contribution in [-0.4, -0.2) is 52.3 Å². The second-order valence-electron chi connectivity index (χ2n) is 7.07. The number of hydrogen-bond acceptors (Lipinski definition) is 7. The molecule has 28 heavy (non-hydrogen) atoms. The fourth-order valence-corrected chi connectivity index (χ4v) is 3.91. The van der Waals surface area contributed by atoms with Gasteiger partial charge in [-0.2, -0.15) is 8.42 Å². The first-order valence-corrected chi connectivity index (χ1v) is 10.4. The Morgan fingerprint density at radius 1 is 1.25 bits per heavy atom. The van der Waals surface area contributed by atoms with E-state index in [2.05, 4.69) is 5.32 Å². The average Bonchev–Trinajstić information content (AvgIpc) is 2.60. The Bertz CT molecular complexity index is 859. The van der Waals surface area contributed by atoms with Crippen LogP contribution in [0.4, 0.5) is 0 Å². The van der Waals surface area contributed by atoms with E-state index in [4.69, 9.17) is 18.4 Å². The van der Waals surface area contributed by atoms with Crippen molar-refractivity contribution in [3.63, 3.8) is 0 Å². The third-order valence-electron chi connectivity index (χ3n) is 4.59. The van der Waals surface area contributed by atoms with Crippen LogP contribution in [0.1, 0.15) is 26.3 Å².